The molecule has 0 atom stereocenters. The van der Waals surface area contributed by atoms with E-state index < -0.39 is 5.54 Å². The molecule has 0 saturated carbocycles. The summed E-state index contributed by atoms with van der Waals surface area (Å²) in [6.45, 7) is 2.62. The standard InChI is InChI=1S/C27H26N4O2S/c1-29-26(33)31(17-19-10-11-20-6-2-3-7-21(20)16-19)25(32)27(29)12-14-30(15-13-27)18-24-28-22-8-4-5-9-23(22)34-24/h2-11,16H,12-15,17-18H2,1H3. The average molecular weight is 471 g/mol. The summed E-state index contributed by atoms with van der Waals surface area (Å²) in [5, 5.41) is 3.36. The molecule has 2 aliphatic rings. The third-order valence-electron chi connectivity index (χ3n) is 7.34. The zero-order chi connectivity index (χ0) is 23.3. The molecule has 4 aromatic rings. The van der Waals surface area contributed by atoms with Crippen molar-refractivity contribution >= 4 is 44.3 Å². The van der Waals surface area contributed by atoms with Gasteiger partial charge in [-0.05, 0) is 47.4 Å². The number of piperidine rings is 1. The van der Waals surface area contributed by atoms with Crippen molar-refractivity contribution in [1.29, 1.82) is 0 Å². The molecule has 34 heavy (non-hydrogen) atoms. The number of nitrogens with zero attached hydrogens (tertiary/aromatic N) is 4. The van der Waals surface area contributed by atoms with Gasteiger partial charge in [-0.1, -0.05) is 48.5 Å². The van der Waals surface area contributed by atoms with E-state index in [0.29, 0.717) is 19.4 Å². The lowest BCUT2D eigenvalue weighted by Gasteiger charge is -2.40. The number of thiazole rings is 1. The van der Waals surface area contributed by atoms with Gasteiger partial charge in [-0.15, -0.1) is 11.3 Å². The van der Waals surface area contributed by atoms with Crippen LogP contribution in [0.2, 0.25) is 0 Å². The fraction of sp³-hybridized carbons (Fsp3) is 0.296. The minimum atomic E-state index is -0.738. The molecular formula is C27H26N4O2S. The molecule has 0 unspecified atom stereocenters. The topological polar surface area (TPSA) is 56.8 Å². The number of urea groups is 1. The van der Waals surface area contributed by atoms with Crippen LogP contribution in [-0.4, -0.2) is 57.3 Å². The Bertz CT molecular complexity index is 1370. The molecule has 3 amide bonds. The lowest BCUT2D eigenvalue weighted by Crippen LogP contribution is -2.55. The molecule has 3 aromatic carbocycles. The Morgan fingerprint density at radius 3 is 2.44 bits per heavy atom. The van der Waals surface area contributed by atoms with Crippen molar-refractivity contribution in [3.63, 3.8) is 0 Å². The van der Waals surface area contributed by atoms with E-state index in [1.807, 2.05) is 36.4 Å². The van der Waals surface area contributed by atoms with Crippen LogP contribution in [0, 0.1) is 0 Å². The summed E-state index contributed by atoms with van der Waals surface area (Å²) in [7, 11) is 1.78. The van der Waals surface area contributed by atoms with Gasteiger partial charge in [-0.3, -0.25) is 14.6 Å². The van der Waals surface area contributed by atoms with Crippen molar-refractivity contribution in [2.75, 3.05) is 20.1 Å². The number of carbonyl (C=O) groups excluding carboxylic acids is 2. The van der Waals surface area contributed by atoms with Crippen molar-refractivity contribution < 1.29 is 9.59 Å². The zero-order valence-electron chi connectivity index (χ0n) is 19.1. The smallest absolute Gasteiger partial charge is 0.312 e. The van der Waals surface area contributed by atoms with Crippen LogP contribution in [-0.2, 0) is 17.9 Å². The minimum Gasteiger partial charge on any atom is -0.312 e. The number of amides is 3. The summed E-state index contributed by atoms with van der Waals surface area (Å²) in [6, 6.07) is 22.3. The van der Waals surface area contributed by atoms with E-state index in [2.05, 4.69) is 35.2 Å². The highest BCUT2D eigenvalue weighted by Crippen LogP contribution is 2.37. The normalized spacial score (nSPS) is 18.6. The van der Waals surface area contributed by atoms with Crippen molar-refractivity contribution in [2.24, 2.45) is 0 Å². The molecule has 2 saturated heterocycles. The van der Waals surface area contributed by atoms with Crippen molar-refractivity contribution in [1.82, 2.24) is 19.7 Å². The highest BCUT2D eigenvalue weighted by Gasteiger charge is 2.56. The molecule has 1 aromatic heterocycles. The van der Waals surface area contributed by atoms with Crippen LogP contribution in [0.3, 0.4) is 0 Å². The van der Waals surface area contributed by atoms with Gasteiger partial charge in [0.1, 0.15) is 10.5 Å². The van der Waals surface area contributed by atoms with Crippen LogP contribution >= 0.6 is 11.3 Å². The molecular weight excluding hydrogens is 444 g/mol. The second kappa shape index (κ2) is 8.18. The Morgan fingerprint density at radius 2 is 1.65 bits per heavy atom. The van der Waals surface area contributed by atoms with E-state index >= 15 is 0 Å². The molecule has 0 aliphatic carbocycles. The lowest BCUT2D eigenvalue weighted by atomic mass is 9.86. The second-order valence-corrected chi connectivity index (χ2v) is 10.4. The van der Waals surface area contributed by atoms with E-state index in [0.717, 1.165) is 46.5 Å². The summed E-state index contributed by atoms with van der Waals surface area (Å²) in [6.07, 6.45) is 1.29. The number of rotatable bonds is 4. The molecule has 0 radical (unpaired) electrons. The average Bonchev–Trinajstić information content (AvgIpc) is 3.35. The first-order valence-electron chi connectivity index (χ1n) is 11.7. The Kier molecular flexibility index (Phi) is 5.12. The van der Waals surface area contributed by atoms with Crippen LogP contribution in [0.1, 0.15) is 23.4 Å². The number of fused-ring (bicyclic) bond motifs is 2. The maximum Gasteiger partial charge on any atom is 0.327 e. The summed E-state index contributed by atoms with van der Waals surface area (Å²) in [5.41, 5.74) is 1.27. The van der Waals surface area contributed by atoms with Crippen LogP contribution in [0.15, 0.2) is 66.7 Å². The largest absolute Gasteiger partial charge is 0.327 e. The Morgan fingerprint density at radius 1 is 0.912 bits per heavy atom. The molecule has 0 N–H and O–H groups in total. The number of benzene rings is 3. The molecule has 6 nitrogen and oxygen atoms in total. The van der Waals surface area contributed by atoms with Gasteiger partial charge in [0.05, 0.1) is 23.3 Å². The van der Waals surface area contributed by atoms with Gasteiger partial charge < -0.3 is 4.90 Å². The highest BCUT2D eigenvalue weighted by atomic mass is 32.1. The fourth-order valence-corrected chi connectivity index (χ4v) is 6.32. The fourth-order valence-electron chi connectivity index (χ4n) is 5.31. The summed E-state index contributed by atoms with van der Waals surface area (Å²) in [5.74, 6) is -0.0622. The first-order valence-corrected chi connectivity index (χ1v) is 12.5. The minimum absolute atomic E-state index is 0.0622. The Hall–Kier alpha value is -3.29. The van der Waals surface area contributed by atoms with E-state index in [9.17, 15) is 9.59 Å². The van der Waals surface area contributed by atoms with Crippen molar-refractivity contribution in [2.45, 2.75) is 31.5 Å². The van der Waals surface area contributed by atoms with Gasteiger partial charge in [-0.2, -0.15) is 0 Å². The first-order chi connectivity index (χ1) is 16.5. The molecule has 0 bridgehead atoms. The number of aromatic nitrogens is 1. The third-order valence-corrected chi connectivity index (χ3v) is 8.36. The second-order valence-electron chi connectivity index (χ2n) is 9.30. The van der Waals surface area contributed by atoms with Gasteiger partial charge >= 0.3 is 6.03 Å². The Balaban J connectivity index is 1.16. The van der Waals surface area contributed by atoms with Crippen molar-refractivity contribution in [3.05, 3.63) is 77.3 Å². The Labute approximate surface area is 202 Å². The summed E-state index contributed by atoms with van der Waals surface area (Å²) < 4.78 is 1.20. The van der Waals surface area contributed by atoms with Gasteiger partial charge in [-0.25, -0.2) is 9.78 Å². The van der Waals surface area contributed by atoms with Crippen LogP contribution in [0.4, 0.5) is 4.79 Å². The van der Waals surface area contributed by atoms with Gasteiger partial charge in [0.15, 0.2) is 0 Å². The molecule has 2 fully saturated rings. The van der Waals surface area contributed by atoms with Crippen LogP contribution in [0.5, 0.6) is 0 Å². The summed E-state index contributed by atoms with van der Waals surface area (Å²) >= 11 is 1.73. The molecule has 172 valence electrons. The van der Waals surface area contributed by atoms with Gasteiger partial charge in [0, 0.05) is 20.1 Å². The number of imide groups is 1. The molecule has 6 rings (SSSR count). The van der Waals surface area contributed by atoms with E-state index in [4.69, 9.17) is 4.98 Å². The number of likely N-dealkylation sites (N-methyl/N-ethyl adjacent to an activating group) is 1. The SMILES string of the molecule is CN1C(=O)N(Cc2ccc3ccccc3c2)C(=O)C12CCN(Cc1nc3ccccc3s1)CC2. The number of hydrogen-bond acceptors (Lipinski definition) is 5. The van der Waals surface area contributed by atoms with E-state index in [1.165, 1.54) is 9.60 Å². The molecule has 3 heterocycles. The maximum atomic E-state index is 13.6. The quantitative estimate of drug-likeness (QED) is 0.399. The highest BCUT2D eigenvalue weighted by molar-refractivity contribution is 7.18. The predicted octanol–water partition coefficient (Wildman–Crippen LogP) is 4.88. The lowest BCUT2D eigenvalue weighted by molar-refractivity contribution is -0.135. The van der Waals surface area contributed by atoms with E-state index in [-0.39, 0.29) is 11.9 Å². The number of hydrogen-bond donors (Lipinski definition) is 0. The van der Waals surface area contributed by atoms with Crippen LogP contribution in [0.25, 0.3) is 21.0 Å². The number of para-hydroxylation sites is 1. The molecule has 7 heteroatoms. The van der Waals surface area contributed by atoms with Crippen LogP contribution < -0.4 is 0 Å². The summed E-state index contributed by atoms with van der Waals surface area (Å²) in [4.78, 5) is 37.0. The molecule has 2 aliphatic heterocycles. The van der Waals surface area contributed by atoms with Gasteiger partial charge in [0.25, 0.3) is 5.91 Å². The number of likely N-dealkylation sites (tertiary alicyclic amines) is 1. The zero-order valence-corrected chi connectivity index (χ0v) is 19.9. The number of carbonyl (C=O) groups is 2. The van der Waals surface area contributed by atoms with Crippen molar-refractivity contribution in [3.8, 4) is 0 Å². The third kappa shape index (κ3) is 3.47. The first kappa shape index (κ1) is 21.3. The predicted molar refractivity (Wildman–Crippen MR) is 135 cm³/mol. The monoisotopic (exact) mass is 470 g/mol. The van der Waals surface area contributed by atoms with Gasteiger partial charge in [0.2, 0.25) is 0 Å². The molecule has 1 spiro atoms. The maximum absolute atomic E-state index is 13.6. The van der Waals surface area contributed by atoms with E-state index in [1.54, 1.807) is 23.3 Å².